The van der Waals surface area contributed by atoms with E-state index in [1.165, 1.54) is 18.4 Å². The number of hydrogen-bond donors (Lipinski definition) is 0. The van der Waals surface area contributed by atoms with Crippen LogP contribution in [0, 0.1) is 6.92 Å². The van der Waals surface area contributed by atoms with Crippen LogP contribution < -0.4 is 5.56 Å². The zero-order valence-corrected chi connectivity index (χ0v) is 16.2. The van der Waals surface area contributed by atoms with Gasteiger partial charge in [-0.2, -0.15) is 0 Å². The number of pyridine rings is 1. The first-order valence-electron chi connectivity index (χ1n) is 9.97. The minimum Gasteiger partial charge on any atom is -0.374 e. The van der Waals surface area contributed by atoms with Crippen molar-refractivity contribution in [3.8, 4) is 11.1 Å². The normalized spacial score (nSPS) is 17.3. The number of carbonyl (C=O) groups is 1. The molecular formula is C23H27NO3. The van der Waals surface area contributed by atoms with Crippen LogP contribution in [-0.4, -0.2) is 16.5 Å². The van der Waals surface area contributed by atoms with Crippen molar-refractivity contribution in [3.63, 3.8) is 0 Å². The van der Waals surface area contributed by atoms with Crippen molar-refractivity contribution in [2.45, 2.75) is 64.6 Å². The van der Waals surface area contributed by atoms with Gasteiger partial charge in [-0.1, -0.05) is 25.0 Å². The van der Waals surface area contributed by atoms with Gasteiger partial charge in [-0.05, 0) is 60.1 Å². The van der Waals surface area contributed by atoms with E-state index < -0.39 is 0 Å². The molecular weight excluding hydrogens is 338 g/mol. The molecule has 1 saturated carbocycles. The standard InChI is InChI=1S/C23H27NO3/c1-15-9-18(13-24(2)23(15)26)22-12-16-7-8-20(25)11-17(16)10-19(22)14-27-21-5-3-4-6-21/h9-10,12-13,21H,3-8,11,14H2,1-2H3. The molecule has 2 aliphatic carbocycles. The van der Waals surface area contributed by atoms with Gasteiger partial charge in [-0.15, -0.1) is 0 Å². The summed E-state index contributed by atoms with van der Waals surface area (Å²) in [6.07, 6.45) is 8.97. The van der Waals surface area contributed by atoms with E-state index in [1.54, 1.807) is 11.6 Å². The molecule has 4 nitrogen and oxygen atoms in total. The van der Waals surface area contributed by atoms with E-state index in [0.29, 0.717) is 31.3 Å². The van der Waals surface area contributed by atoms with E-state index in [0.717, 1.165) is 47.1 Å². The van der Waals surface area contributed by atoms with Gasteiger partial charge in [0.2, 0.25) is 0 Å². The number of aryl methyl sites for hydroxylation is 3. The molecule has 1 heterocycles. The summed E-state index contributed by atoms with van der Waals surface area (Å²) in [4.78, 5) is 24.0. The zero-order chi connectivity index (χ0) is 19.0. The molecule has 1 aromatic heterocycles. The number of ether oxygens (including phenoxy) is 1. The maximum Gasteiger partial charge on any atom is 0.253 e. The number of aromatic nitrogens is 1. The average Bonchev–Trinajstić information content (AvgIpc) is 3.16. The predicted octanol–water partition coefficient (Wildman–Crippen LogP) is 3.88. The molecule has 0 bridgehead atoms. The summed E-state index contributed by atoms with van der Waals surface area (Å²) >= 11 is 0. The number of Topliss-reactive ketones (excluding diaryl/α,β-unsaturated/α-hetero) is 1. The Hall–Kier alpha value is -2.20. The molecule has 0 radical (unpaired) electrons. The Morgan fingerprint density at radius 2 is 1.85 bits per heavy atom. The van der Waals surface area contributed by atoms with Crippen LogP contribution in [0.15, 0.2) is 29.2 Å². The number of rotatable bonds is 4. The van der Waals surface area contributed by atoms with Gasteiger partial charge >= 0.3 is 0 Å². The van der Waals surface area contributed by atoms with E-state index in [-0.39, 0.29) is 5.56 Å². The second kappa shape index (κ2) is 7.43. The molecule has 1 aromatic carbocycles. The molecule has 4 heteroatoms. The monoisotopic (exact) mass is 365 g/mol. The summed E-state index contributed by atoms with van der Waals surface area (Å²) < 4.78 is 7.85. The Morgan fingerprint density at radius 3 is 2.59 bits per heavy atom. The second-order valence-corrected chi connectivity index (χ2v) is 8.04. The molecule has 1 fully saturated rings. The molecule has 0 saturated heterocycles. The molecule has 0 unspecified atom stereocenters. The first-order chi connectivity index (χ1) is 13.0. The van der Waals surface area contributed by atoms with Crippen LogP contribution in [0.3, 0.4) is 0 Å². The highest BCUT2D eigenvalue weighted by molar-refractivity contribution is 5.84. The summed E-state index contributed by atoms with van der Waals surface area (Å²) in [6.45, 7) is 2.42. The van der Waals surface area contributed by atoms with Crippen molar-refractivity contribution in [2.24, 2.45) is 7.05 Å². The number of carbonyl (C=O) groups excluding carboxylic acids is 1. The Balaban J connectivity index is 1.75. The van der Waals surface area contributed by atoms with Crippen molar-refractivity contribution in [3.05, 3.63) is 57.0 Å². The van der Waals surface area contributed by atoms with E-state index in [9.17, 15) is 9.59 Å². The van der Waals surface area contributed by atoms with Crippen molar-refractivity contribution in [1.29, 1.82) is 0 Å². The van der Waals surface area contributed by atoms with Crippen LogP contribution in [-0.2, 0) is 36.0 Å². The minimum atomic E-state index is 0.0334. The molecule has 0 N–H and O–H groups in total. The Bertz CT molecular complexity index is 909. The van der Waals surface area contributed by atoms with E-state index in [4.69, 9.17) is 4.74 Å². The molecule has 0 amide bonds. The number of fused-ring (bicyclic) bond motifs is 1. The lowest BCUT2D eigenvalue weighted by atomic mass is 9.86. The molecule has 2 aliphatic rings. The third-order valence-corrected chi connectivity index (χ3v) is 5.94. The van der Waals surface area contributed by atoms with Crippen LogP contribution in [0.2, 0.25) is 0 Å². The molecule has 142 valence electrons. The van der Waals surface area contributed by atoms with Gasteiger partial charge in [-0.25, -0.2) is 0 Å². The molecule has 27 heavy (non-hydrogen) atoms. The van der Waals surface area contributed by atoms with Crippen molar-refractivity contribution < 1.29 is 9.53 Å². The summed E-state index contributed by atoms with van der Waals surface area (Å²) in [5, 5.41) is 0. The van der Waals surface area contributed by atoms with E-state index >= 15 is 0 Å². The first-order valence-corrected chi connectivity index (χ1v) is 9.97. The van der Waals surface area contributed by atoms with E-state index in [2.05, 4.69) is 12.1 Å². The SMILES string of the molecule is Cc1cc(-c2cc3c(cc2COC2CCCC2)CC(=O)CC3)cn(C)c1=O. The molecule has 0 atom stereocenters. The first kappa shape index (κ1) is 18.2. The number of nitrogens with zero attached hydrogens (tertiary/aromatic N) is 1. The van der Waals surface area contributed by atoms with Crippen molar-refractivity contribution in [1.82, 2.24) is 4.57 Å². The predicted molar refractivity (Wildman–Crippen MR) is 106 cm³/mol. The maximum absolute atomic E-state index is 12.1. The summed E-state index contributed by atoms with van der Waals surface area (Å²) in [7, 11) is 1.80. The second-order valence-electron chi connectivity index (χ2n) is 8.04. The fraction of sp³-hybridized carbons (Fsp3) is 0.478. The zero-order valence-electron chi connectivity index (χ0n) is 16.2. The Kier molecular flexibility index (Phi) is 5.00. The highest BCUT2D eigenvalue weighted by Gasteiger charge is 2.21. The van der Waals surface area contributed by atoms with Gasteiger partial charge in [0.1, 0.15) is 5.78 Å². The molecule has 0 aliphatic heterocycles. The van der Waals surface area contributed by atoms with Crippen LogP contribution in [0.25, 0.3) is 11.1 Å². The van der Waals surface area contributed by atoms with Gasteiger partial charge < -0.3 is 9.30 Å². The fourth-order valence-corrected chi connectivity index (χ4v) is 4.39. The minimum absolute atomic E-state index is 0.0334. The van der Waals surface area contributed by atoms with E-state index in [1.807, 2.05) is 19.2 Å². The molecule has 0 spiro atoms. The largest absolute Gasteiger partial charge is 0.374 e. The lowest BCUT2D eigenvalue weighted by Gasteiger charge is -2.21. The van der Waals surface area contributed by atoms with Crippen LogP contribution >= 0.6 is 0 Å². The van der Waals surface area contributed by atoms with Crippen LogP contribution in [0.5, 0.6) is 0 Å². The van der Waals surface area contributed by atoms with Crippen molar-refractivity contribution >= 4 is 5.78 Å². The summed E-state index contributed by atoms with van der Waals surface area (Å²) in [5.41, 5.74) is 6.45. The highest BCUT2D eigenvalue weighted by Crippen LogP contribution is 2.32. The van der Waals surface area contributed by atoms with Crippen LogP contribution in [0.1, 0.15) is 54.4 Å². The van der Waals surface area contributed by atoms with Gasteiger partial charge in [0.05, 0.1) is 12.7 Å². The molecule has 4 rings (SSSR count). The fourth-order valence-electron chi connectivity index (χ4n) is 4.39. The van der Waals surface area contributed by atoms with Crippen LogP contribution in [0.4, 0.5) is 0 Å². The van der Waals surface area contributed by atoms with Gasteiger partial charge in [-0.3, -0.25) is 9.59 Å². The quantitative estimate of drug-likeness (QED) is 0.826. The Morgan fingerprint density at radius 1 is 1.07 bits per heavy atom. The third kappa shape index (κ3) is 3.77. The average molecular weight is 365 g/mol. The number of ketones is 1. The lowest BCUT2D eigenvalue weighted by Crippen LogP contribution is -2.19. The van der Waals surface area contributed by atoms with Gasteiger partial charge in [0.15, 0.2) is 0 Å². The van der Waals surface area contributed by atoms with Crippen molar-refractivity contribution in [2.75, 3.05) is 0 Å². The summed E-state index contributed by atoms with van der Waals surface area (Å²) in [5.74, 6) is 0.316. The topological polar surface area (TPSA) is 48.3 Å². The third-order valence-electron chi connectivity index (χ3n) is 5.94. The summed E-state index contributed by atoms with van der Waals surface area (Å²) in [6, 6.07) is 6.35. The lowest BCUT2D eigenvalue weighted by molar-refractivity contribution is -0.118. The van der Waals surface area contributed by atoms with Gasteiger partial charge in [0, 0.05) is 31.6 Å². The maximum atomic E-state index is 12.1. The highest BCUT2D eigenvalue weighted by atomic mass is 16.5. The number of benzene rings is 1. The Labute approximate surface area is 160 Å². The number of hydrogen-bond acceptors (Lipinski definition) is 3. The molecule has 2 aromatic rings. The smallest absolute Gasteiger partial charge is 0.253 e. The van der Waals surface area contributed by atoms with Gasteiger partial charge in [0.25, 0.3) is 5.56 Å².